The summed E-state index contributed by atoms with van der Waals surface area (Å²) in [6, 6.07) is 8.01. The average molecular weight is 288 g/mol. The molecule has 0 fully saturated rings. The van der Waals surface area contributed by atoms with E-state index >= 15 is 0 Å². The molecule has 0 radical (unpaired) electrons. The van der Waals surface area contributed by atoms with Crippen molar-refractivity contribution in [2.75, 3.05) is 20.3 Å². The Hall–Kier alpha value is -0.420. The Morgan fingerprint density at radius 3 is 2.44 bits per heavy atom. The van der Waals surface area contributed by atoms with Crippen molar-refractivity contribution in [1.82, 2.24) is 0 Å². The Balaban J connectivity index is 2.63. The molecular weight excluding hydrogens is 270 g/mol. The molecular formula is C12H18BrNO2. The number of hydrogen-bond acceptors (Lipinski definition) is 3. The number of rotatable bonds is 6. The van der Waals surface area contributed by atoms with Crippen LogP contribution in [0.25, 0.3) is 0 Å². The van der Waals surface area contributed by atoms with Crippen LogP contribution in [0.15, 0.2) is 28.7 Å². The summed E-state index contributed by atoms with van der Waals surface area (Å²) in [7, 11) is 1.66. The van der Waals surface area contributed by atoms with E-state index in [9.17, 15) is 0 Å². The molecule has 0 saturated carbocycles. The second-order valence-corrected chi connectivity index (χ2v) is 4.59. The van der Waals surface area contributed by atoms with Crippen LogP contribution in [-0.4, -0.2) is 26.4 Å². The summed E-state index contributed by atoms with van der Waals surface area (Å²) in [4.78, 5) is 0. The molecule has 0 spiro atoms. The first-order valence-corrected chi connectivity index (χ1v) is 6.06. The van der Waals surface area contributed by atoms with Gasteiger partial charge in [-0.3, -0.25) is 0 Å². The van der Waals surface area contributed by atoms with Crippen molar-refractivity contribution in [1.29, 1.82) is 0 Å². The lowest BCUT2D eigenvalue weighted by molar-refractivity contribution is -0.0362. The highest BCUT2D eigenvalue weighted by atomic mass is 79.9. The number of halogens is 1. The molecule has 3 nitrogen and oxygen atoms in total. The predicted octanol–water partition coefficient (Wildman–Crippen LogP) is 2.50. The summed E-state index contributed by atoms with van der Waals surface area (Å²) >= 11 is 3.40. The van der Waals surface area contributed by atoms with Gasteiger partial charge in [-0.2, -0.15) is 0 Å². The van der Waals surface area contributed by atoms with E-state index in [2.05, 4.69) is 15.9 Å². The molecule has 2 N–H and O–H groups in total. The molecule has 0 bridgehead atoms. The molecule has 2 atom stereocenters. The number of hydrogen-bond donors (Lipinski definition) is 1. The summed E-state index contributed by atoms with van der Waals surface area (Å²) < 4.78 is 11.9. The lowest BCUT2D eigenvalue weighted by Gasteiger charge is -2.21. The molecule has 90 valence electrons. The van der Waals surface area contributed by atoms with Crippen LogP contribution in [0.2, 0.25) is 0 Å². The highest BCUT2D eigenvalue weighted by molar-refractivity contribution is 9.10. The van der Waals surface area contributed by atoms with Gasteiger partial charge in [-0.05, 0) is 24.6 Å². The molecule has 0 aliphatic heterocycles. The Bertz CT molecular complexity index is 302. The number of ether oxygens (including phenoxy) is 2. The Labute approximate surface area is 105 Å². The molecule has 4 heteroatoms. The Morgan fingerprint density at radius 1 is 1.31 bits per heavy atom. The number of benzene rings is 1. The third-order valence-electron chi connectivity index (χ3n) is 2.25. The van der Waals surface area contributed by atoms with Gasteiger partial charge >= 0.3 is 0 Å². The fourth-order valence-corrected chi connectivity index (χ4v) is 1.77. The van der Waals surface area contributed by atoms with Crippen molar-refractivity contribution in [3.8, 4) is 0 Å². The van der Waals surface area contributed by atoms with Gasteiger partial charge in [0.1, 0.15) is 0 Å². The van der Waals surface area contributed by atoms with Crippen LogP contribution in [0.5, 0.6) is 0 Å². The van der Waals surface area contributed by atoms with E-state index in [1.807, 2.05) is 31.2 Å². The molecule has 0 aliphatic rings. The number of nitrogens with two attached hydrogens (primary N) is 1. The van der Waals surface area contributed by atoms with Crippen molar-refractivity contribution in [2.45, 2.75) is 19.1 Å². The predicted molar refractivity (Wildman–Crippen MR) is 68.4 cm³/mol. The second kappa shape index (κ2) is 7.01. The molecule has 16 heavy (non-hydrogen) atoms. The standard InChI is InChI=1S/C12H18BrNO2/c1-9(8-15-2)16-12(7-14)10-3-5-11(13)6-4-10/h3-6,9,12H,7-8,14H2,1-2H3. The van der Waals surface area contributed by atoms with Crippen molar-refractivity contribution in [3.05, 3.63) is 34.3 Å². The molecule has 0 saturated heterocycles. The smallest absolute Gasteiger partial charge is 0.0951 e. The molecule has 0 amide bonds. The van der Waals surface area contributed by atoms with Gasteiger partial charge in [0.25, 0.3) is 0 Å². The summed E-state index contributed by atoms with van der Waals surface area (Å²) in [5.74, 6) is 0. The van der Waals surface area contributed by atoms with Crippen LogP contribution in [0.1, 0.15) is 18.6 Å². The first-order chi connectivity index (χ1) is 7.67. The lowest BCUT2D eigenvalue weighted by atomic mass is 10.1. The van der Waals surface area contributed by atoms with Crippen LogP contribution in [-0.2, 0) is 9.47 Å². The van der Waals surface area contributed by atoms with Crippen LogP contribution >= 0.6 is 15.9 Å². The zero-order valence-electron chi connectivity index (χ0n) is 9.65. The Morgan fingerprint density at radius 2 is 1.94 bits per heavy atom. The fraction of sp³-hybridized carbons (Fsp3) is 0.500. The van der Waals surface area contributed by atoms with Gasteiger partial charge in [0.2, 0.25) is 0 Å². The van der Waals surface area contributed by atoms with Crippen molar-refractivity contribution >= 4 is 15.9 Å². The molecule has 1 rings (SSSR count). The van der Waals surface area contributed by atoms with Crippen LogP contribution in [0.4, 0.5) is 0 Å². The molecule has 2 unspecified atom stereocenters. The maximum Gasteiger partial charge on any atom is 0.0951 e. The van der Waals surface area contributed by atoms with Crippen LogP contribution < -0.4 is 5.73 Å². The van der Waals surface area contributed by atoms with E-state index in [-0.39, 0.29) is 12.2 Å². The molecule has 0 aromatic heterocycles. The molecule has 1 aromatic carbocycles. The molecule has 0 aliphatic carbocycles. The van der Waals surface area contributed by atoms with Crippen molar-refractivity contribution in [2.24, 2.45) is 5.73 Å². The van der Waals surface area contributed by atoms with E-state index in [4.69, 9.17) is 15.2 Å². The zero-order valence-corrected chi connectivity index (χ0v) is 11.2. The second-order valence-electron chi connectivity index (χ2n) is 3.68. The van der Waals surface area contributed by atoms with Gasteiger partial charge < -0.3 is 15.2 Å². The van der Waals surface area contributed by atoms with Gasteiger partial charge in [0.15, 0.2) is 0 Å². The van der Waals surface area contributed by atoms with Gasteiger partial charge in [-0.1, -0.05) is 28.1 Å². The minimum atomic E-state index is -0.0711. The third-order valence-corrected chi connectivity index (χ3v) is 2.78. The summed E-state index contributed by atoms with van der Waals surface area (Å²) in [5, 5.41) is 0. The van der Waals surface area contributed by atoms with E-state index in [1.54, 1.807) is 7.11 Å². The quantitative estimate of drug-likeness (QED) is 0.874. The monoisotopic (exact) mass is 287 g/mol. The van der Waals surface area contributed by atoms with Crippen LogP contribution in [0, 0.1) is 0 Å². The van der Waals surface area contributed by atoms with Gasteiger partial charge in [0.05, 0.1) is 18.8 Å². The molecule has 1 aromatic rings. The highest BCUT2D eigenvalue weighted by Crippen LogP contribution is 2.20. The van der Waals surface area contributed by atoms with E-state index < -0.39 is 0 Å². The summed E-state index contributed by atoms with van der Waals surface area (Å²) in [5.41, 5.74) is 6.80. The van der Waals surface area contributed by atoms with Gasteiger partial charge in [0, 0.05) is 18.1 Å². The zero-order chi connectivity index (χ0) is 12.0. The van der Waals surface area contributed by atoms with Crippen LogP contribution in [0.3, 0.4) is 0 Å². The maximum atomic E-state index is 5.80. The van der Waals surface area contributed by atoms with Gasteiger partial charge in [-0.25, -0.2) is 0 Å². The van der Waals surface area contributed by atoms with Crippen molar-refractivity contribution in [3.63, 3.8) is 0 Å². The SMILES string of the molecule is COCC(C)OC(CN)c1ccc(Br)cc1. The van der Waals surface area contributed by atoms with E-state index in [0.717, 1.165) is 10.0 Å². The summed E-state index contributed by atoms with van der Waals surface area (Å²) in [6.45, 7) is 3.02. The first-order valence-electron chi connectivity index (χ1n) is 5.27. The van der Waals surface area contributed by atoms with Gasteiger partial charge in [-0.15, -0.1) is 0 Å². The minimum absolute atomic E-state index is 0.0437. The number of methoxy groups -OCH3 is 1. The maximum absolute atomic E-state index is 5.80. The van der Waals surface area contributed by atoms with Crippen molar-refractivity contribution < 1.29 is 9.47 Å². The topological polar surface area (TPSA) is 44.5 Å². The first kappa shape index (κ1) is 13.6. The van der Waals surface area contributed by atoms with E-state index in [0.29, 0.717) is 13.2 Å². The Kier molecular flexibility index (Phi) is 5.98. The minimum Gasteiger partial charge on any atom is -0.382 e. The lowest BCUT2D eigenvalue weighted by Crippen LogP contribution is -2.23. The average Bonchev–Trinajstić information content (AvgIpc) is 2.27. The largest absolute Gasteiger partial charge is 0.382 e. The summed E-state index contributed by atoms with van der Waals surface area (Å²) in [6.07, 6.45) is -0.0274. The fourth-order valence-electron chi connectivity index (χ4n) is 1.50. The third kappa shape index (κ3) is 4.22. The normalized spacial score (nSPS) is 14.8. The van der Waals surface area contributed by atoms with E-state index in [1.165, 1.54) is 0 Å². The highest BCUT2D eigenvalue weighted by Gasteiger charge is 2.13. The molecule has 0 heterocycles.